The van der Waals surface area contributed by atoms with E-state index < -0.39 is 5.97 Å². The molecular weight excluding hydrogens is 438 g/mol. The van der Waals surface area contributed by atoms with Crippen LogP contribution in [0.3, 0.4) is 0 Å². The van der Waals surface area contributed by atoms with Gasteiger partial charge in [0, 0.05) is 22.4 Å². The fraction of sp³-hybridized carbons (Fsp3) is 0.148. The largest absolute Gasteiger partial charge is 0.481 e. The number of aromatic nitrogens is 1. The van der Waals surface area contributed by atoms with E-state index in [9.17, 15) is 14.4 Å². The van der Waals surface area contributed by atoms with E-state index in [0.29, 0.717) is 32.6 Å². The maximum Gasteiger partial charge on any atom is 0.307 e. The lowest BCUT2D eigenvalue weighted by Gasteiger charge is -2.19. The van der Waals surface area contributed by atoms with Gasteiger partial charge in [-0.3, -0.25) is 19.0 Å². The number of carbonyl (C=O) groups excluding carboxylic acids is 1. The number of carboxylic acid groups (broad SMARTS) is 1. The first kappa shape index (κ1) is 22.5. The highest BCUT2D eigenvalue weighted by molar-refractivity contribution is 6.31. The first-order valence-corrected chi connectivity index (χ1v) is 11.0. The molecule has 0 saturated heterocycles. The fourth-order valence-electron chi connectivity index (χ4n) is 4.04. The van der Waals surface area contributed by atoms with Crippen LogP contribution in [0.5, 0.6) is 0 Å². The number of hydrogen-bond donors (Lipinski definition) is 1. The Hall–Kier alpha value is -3.70. The number of ketones is 1. The van der Waals surface area contributed by atoms with Gasteiger partial charge in [0.1, 0.15) is 0 Å². The fourth-order valence-corrected chi connectivity index (χ4v) is 4.22. The zero-order valence-corrected chi connectivity index (χ0v) is 18.8. The Bertz CT molecular complexity index is 1410. The Morgan fingerprint density at radius 2 is 1.58 bits per heavy atom. The van der Waals surface area contributed by atoms with Crippen molar-refractivity contribution < 1.29 is 14.7 Å². The van der Waals surface area contributed by atoms with E-state index in [4.69, 9.17) is 16.7 Å². The van der Waals surface area contributed by atoms with Crippen molar-refractivity contribution >= 4 is 34.1 Å². The van der Waals surface area contributed by atoms with Crippen molar-refractivity contribution in [2.45, 2.75) is 26.3 Å². The highest BCUT2D eigenvalue weighted by atomic mass is 35.5. The number of nitrogens with zero attached hydrogens (tertiary/aromatic N) is 1. The molecule has 0 fully saturated rings. The number of fused-ring (bicyclic) bond motifs is 1. The molecule has 0 atom stereocenters. The molecule has 0 bridgehead atoms. The summed E-state index contributed by atoms with van der Waals surface area (Å²) in [7, 11) is 0. The van der Waals surface area contributed by atoms with Gasteiger partial charge in [0.05, 0.1) is 18.7 Å². The number of halogens is 1. The van der Waals surface area contributed by atoms with Gasteiger partial charge in [-0.05, 0) is 40.3 Å². The Balaban J connectivity index is 1.98. The molecule has 6 heteroatoms. The summed E-state index contributed by atoms with van der Waals surface area (Å²) >= 11 is 6.28. The van der Waals surface area contributed by atoms with E-state index in [1.165, 1.54) is 4.57 Å². The van der Waals surface area contributed by atoms with Gasteiger partial charge in [-0.1, -0.05) is 73.1 Å². The van der Waals surface area contributed by atoms with Gasteiger partial charge in [-0.25, -0.2) is 0 Å². The van der Waals surface area contributed by atoms with Gasteiger partial charge < -0.3 is 5.11 Å². The second-order valence-corrected chi connectivity index (χ2v) is 8.27. The van der Waals surface area contributed by atoms with Crippen LogP contribution in [-0.2, 0) is 17.8 Å². The predicted octanol–water partition coefficient (Wildman–Crippen LogP) is 5.59. The van der Waals surface area contributed by atoms with Gasteiger partial charge in [0.25, 0.3) is 5.56 Å². The minimum absolute atomic E-state index is 0.0747. The molecule has 5 nitrogen and oxygen atoms in total. The number of Topliss-reactive ketones (excluding diaryl/α,β-unsaturated/α-hetero) is 1. The molecule has 1 heterocycles. The predicted molar refractivity (Wildman–Crippen MR) is 130 cm³/mol. The molecule has 0 aliphatic rings. The van der Waals surface area contributed by atoms with E-state index in [1.54, 1.807) is 49.4 Å². The summed E-state index contributed by atoms with van der Waals surface area (Å²) in [5.41, 5.74) is 3.05. The van der Waals surface area contributed by atoms with Crippen LogP contribution in [0.2, 0.25) is 5.02 Å². The smallest absolute Gasteiger partial charge is 0.307 e. The first-order chi connectivity index (χ1) is 15.9. The third-order valence-corrected chi connectivity index (χ3v) is 5.84. The van der Waals surface area contributed by atoms with Crippen LogP contribution in [0.15, 0.2) is 77.6 Å². The molecule has 0 aliphatic heterocycles. The van der Waals surface area contributed by atoms with Crippen molar-refractivity contribution in [2.24, 2.45) is 0 Å². The number of benzene rings is 3. The molecule has 0 radical (unpaired) electrons. The summed E-state index contributed by atoms with van der Waals surface area (Å²) < 4.78 is 1.52. The number of aliphatic carboxylic acids is 1. The van der Waals surface area contributed by atoms with Crippen molar-refractivity contribution in [3.63, 3.8) is 0 Å². The number of pyridine rings is 1. The van der Waals surface area contributed by atoms with Crippen molar-refractivity contribution in [3.05, 3.63) is 105 Å². The summed E-state index contributed by atoms with van der Waals surface area (Å²) in [6.07, 6.45) is 0.164. The van der Waals surface area contributed by atoms with Gasteiger partial charge in [0.15, 0.2) is 5.78 Å². The molecular formula is C27H22ClNO4. The second-order valence-electron chi connectivity index (χ2n) is 7.83. The molecule has 1 N–H and O–H groups in total. The lowest BCUT2D eigenvalue weighted by Crippen LogP contribution is -2.28. The highest BCUT2D eigenvalue weighted by Gasteiger charge is 2.22. The molecule has 0 amide bonds. The molecule has 0 saturated carbocycles. The molecule has 33 heavy (non-hydrogen) atoms. The Morgan fingerprint density at radius 3 is 2.21 bits per heavy atom. The quantitative estimate of drug-likeness (QED) is 0.365. The molecule has 4 aromatic rings. The van der Waals surface area contributed by atoms with Crippen LogP contribution in [0.25, 0.3) is 21.9 Å². The molecule has 0 unspecified atom stereocenters. The second kappa shape index (κ2) is 9.43. The monoisotopic (exact) mass is 459 g/mol. The lowest BCUT2D eigenvalue weighted by atomic mass is 9.94. The Morgan fingerprint density at radius 1 is 0.909 bits per heavy atom. The summed E-state index contributed by atoms with van der Waals surface area (Å²) in [5.74, 6) is -1.05. The lowest BCUT2D eigenvalue weighted by molar-refractivity contribution is -0.136. The number of hydrogen-bond acceptors (Lipinski definition) is 3. The van der Waals surface area contributed by atoms with Gasteiger partial charge in [-0.2, -0.15) is 0 Å². The molecule has 1 aromatic heterocycles. The summed E-state index contributed by atoms with van der Waals surface area (Å²) in [5, 5.41) is 10.6. The SMILES string of the molecule is CCC(=O)c1c(-c2ccccc2)c2cc(Cl)ccc2c(=O)n1Cc1ccc(CC(=O)O)cc1. The first-order valence-electron chi connectivity index (χ1n) is 10.6. The van der Waals surface area contributed by atoms with Crippen molar-refractivity contribution in [1.82, 2.24) is 4.57 Å². The highest BCUT2D eigenvalue weighted by Crippen LogP contribution is 2.33. The minimum Gasteiger partial charge on any atom is -0.481 e. The Kier molecular flexibility index (Phi) is 6.43. The van der Waals surface area contributed by atoms with Gasteiger partial charge >= 0.3 is 5.97 Å². The maximum atomic E-state index is 13.6. The minimum atomic E-state index is -0.907. The molecule has 0 aliphatic carbocycles. The molecule has 3 aromatic carbocycles. The van der Waals surface area contributed by atoms with Crippen LogP contribution in [0.4, 0.5) is 0 Å². The number of rotatable bonds is 7. The van der Waals surface area contributed by atoms with Crippen LogP contribution in [0.1, 0.15) is 35.0 Å². The van der Waals surface area contributed by atoms with Crippen molar-refractivity contribution in [2.75, 3.05) is 0 Å². The number of carbonyl (C=O) groups is 2. The van der Waals surface area contributed by atoms with Crippen LogP contribution >= 0.6 is 11.6 Å². The van der Waals surface area contributed by atoms with E-state index in [0.717, 1.165) is 11.1 Å². The van der Waals surface area contributed by atoms with Crippen LogP contribution in [-0.4, -0.2) is 21.4 Å². The summed E-state index contributed by atoms with van der Waals surface area (Å²) in [4.78, 5) is 37.8. The average Bonchev–Trinajstić information content (AvgIpc) is 2.81. The average molecular weight is 460 g/mol. The van der Waals surface area contributed by atoms with Crippen molar-refractivity contribution in [1.29, 1.82) is 0 Å². The molecule has 0 spiro atoms. The van der Waals surface area contributed by atoms with E-state index in [1.807, 2.05) is 30.3 Å². The van der Waals surface area contributed by atoms with Gasteiger partial charge in [-0.15, -0.1) is 0 Å². The van der Waals surface area contributed by atoms with Crippen LogP contribution in [0, 0.1) is 0 Å². The standard InChI is InChI=1S/C27H22ClNO4/c1-2-23(30)26-25(19-6-4-3-5-7-19)22-15-20(28)12-13-21(22)27(33)29(26)16-18-10-8-17(9-11-18)14-24(31)32/h3-13,15H,2,14,16H2,1H3,(H,31,32). The van der Waals surface area contributed by atoms with Gasteiger partial charge in [0.2, 0.25) is 0 Å². The normalized spacial score (nSPS) is 11.0. The topological polar surface area (TPSA) is 76.4 Å². The van der Waals surface area contributed by atoms with E-state index in [2.05, 4.69) is 0 Å². The molecule has 166 valence electrons. The third-order valence-electron chi connectivity index (χ3n) is 5.60. The van der Waals surface area contributed by atoms with E-state index >= 15 is 0 Å². The zero-order valence-electron chi connectivity index (χ0n) is 18.0. The summed E-state index contributed by atoms with van der Waals surface area (Å²) in [6, 6.07) is 21.7. The third kappa shape index (κ3) is 4.59. The summed E-state index contributed by atoms with van der Waals surface area (Å²) in [6.45, 7) is 1.96. The maximum absolute atomic E-state index is 13.6. The number of carboxylic acids is 1. The Labute approximate surface area is 195 Å². The van der Waals surface area contributed by atoms with E-state index in [-0.39, 0.29) is 30.7 Å². The zero-order chi connectivity index (χ0) is 23.5. The molecule has 4 rings (SSSR count). The van der Waals surface area contributed by atoms with Crippen LogP contribution < -0.4 is 5.56 Å². The van der Waals surface area contributed by atoms with Crippen molar-refractivity contribution in [3.8, 4) is 11.1 Å².